The van der Waals surface area contributed by atoms with Crippen LogP contribution in [0.15, 0.2) is 0 Å². The molecule has 0 bridgehead atoms. The fourth-order valence-electron chi connectivity index (χ4n) is 0.987. The molecule has 5 heteroatoms. The second-order valence-electron chi connectivity index (χ2n) is 3.40. The molecule has 1 aromatic rings. The third-order valence-electron chi connectivity index (χ3n) is 2.15. The Hall–Kier alpha value is -1.44. The average Bonchev–Trinajstić information content (AvgIpc) is 2.51. The number of aromatic nitrogens is 4. The van der Waals surface area contributed by atoms with Crippen LogP contribution in [0, 0.1) is 16.7 Å². The van der Waals surface area contributed by atoms with Gasteiger partial charge in [0.05, 0.1) is 18.5 Å². The van der Waals surface area contributed by atoms with E-state index in [1.807, 2.05) is 13.8 Å². The van der Waals surface area contributed by atoms with Gasteiger partial charge in [0.2, 0.25) is 0 Å². The van der Waals surface area contributed by atoms with Crippen molar-refractivity contribution in [3.8, 4) is 6.07 Å². The molecule has 5 nitrogen and oxygen atoms in total. The Kier molecular flexibility index (Phi) is 2.61. The lowest BCUT2D eigenvalue weighted by Gasteiger charge is -2.15. The van der Waals surface area contributed by atoms with Gasteiger partial charge in [-0.2, -0.15) is 10.1 Å². The average molecular weight is 179 g/mol. The van der Waals surface area contributed by atoms with Gasteiger partial charge in [0, 0.05) is 6.42 Å². The van der Waals surface area contributed by atoms with Crippen molar-refractivity contribution in [1.82, 2.24) is 20.2 Å². The van der Waals surface area contributed by atoms with Crippen molar-refractivity contribution in [2.75, 3.05) is 0 Å². The van der Waals surface area contributed by atoms with E-state index in [0.29, 0.717) is 12.2 Å². The van der Waals surface area contributed by atoms with Gasteiger partial charge in [-0.25, -0.2) is 0 Å². The fraction of sp³-hybridized carbons (Fsp3) is 0.750. The molecule has 0 aliphatic rings. The summed E-state index contributed by atoms with van der Waals surface area (Å²) in [5.74, 6) is 0.633. The summed E-state index contributed by atoms with van der Waals surface area (Å²) in [5, 5.41) is 20.5. The lowest BCUT2D eigenvalue weighted by Crippen LogP contribution is -2.16. The van der Waals surface area contributed by atoms with Crippen molar-refractivity contribution in [3.05, 3.63) is 5.82 Å². The van der Waals surface area contributed by atoms with Gasteiger partial charge in [-0.05, 0) is 18.6 Å². The molecule has 0 aliphatic heterocycles. The largest absolute Gasteiger partial charge is 0.198 e. The number of hydrogen-bond acceptors (Lipinski definition) is 4. The standard InChI is InChI=1S/C8H13N5/c1-4-8(2,6-9)5-7-10-12-13(3)11-7/h4-5H2,1-3H3. The number of rotatable bonds is 3. The van der Waals surface area contributed by atoms with Crippen molar-refractivity contribution in [2.45, 2.75) is 26.7 Å². The first kappa shape index (κ1) is 9.65. The molecule has 0 amide bonds. The number of nitriles is 1. The smallest absolute Gasteiger partial charge is 0.176 e. The highest BCUT2D eigenvalue weighted by Crippen LogP contribution is 2.23. The fourth-order valence-corrected chi connectivity index (χ4v) is 0.987. The third kappa shape index (κ3) is 2.25. The van der Waals surface area contributed by atoms with E-state index in [-0.39, 0.29) is 5.41 Å². The van der Waals surface area contributed by atoms with Gasteiger partial charge in [0.15, 0.2) is 5.82 Å². The second-order valence-corrected chi connectivity index (χ2v) is 3.40. The Labute approximate surface area is 77.4 Å². The summed E-state index contributed by atoms with van der Waals surface area (Å²) >= 11 is 0. The minimum Gasteiger partial charge on any atom is -0.198 e. The van der Waals surface area contributed by atoms with Crippen LogP contribution in [-0.2, 0) is 13.5 Å². The predicted molar refractivity (Wildman–Crippen MR) is 46.5 cm³/mol. The van der Waals surface area contributed by atoms with Gasteiger partial charge in [0.1, 0.15) is 0 Å². The minimum atomic E-state index is -0.372. The number of tetrazole rings is 1. The van der Waals surface area contributed by atoms with Crippen LogP contribution in [0.5, 0.6) is 0 Å². The van der Waals surface area contributed by atoms with Crippen LogP contribution in [-0.4, -0.2) is 20.2 Å². The van der Waals surface area contributed by atoms with Gasteiger partial charge < -0.3 is 0 Å². The molecule has 0 spiro atoms. The van der Waals surface area contributed by atoms with E-state index in [1.165, 1.54) is 4.80 Å². The molecule has 1 unspecified atom stereocenters. The molecule has 0 aliphatic carbocycles. The molecule has 0 saturated heterocycles. The van der Waals surface area contributed by atoms with Crippen molar-refractivity contribution < 1.29 is 0 Å². The lowest BCUT2D eigenvalue weighted by atomic mass is 9.86. The van der Waals surface area contributed by atoms with Crippen LogP contribution < -0.4 is 0 Å². The normalized spacial score (nSPS) is 14.9. The van der Waals surface area contributed by atoms with E-state index in [9.17, 15) is 0 Å². The zero-order chi connectivity index (χ0) is 9.90. The van der Waals surface area contributed by atoms with Crippen LogP contribution in [0.25, 0.3) is 0 Å². The lowest BCUT2D eigenvalue weighted by molar-refractivity contribution is 0.411. The molecule has 1 atom stereocenters. The molecule has 70 valence electrons. The molecular formula is C8H13N5. The molecule has 0 aromatic carbocycles. The Balaban J connectivity index is 2.74. The maximum Gasteiger partial charge on any atom is 0.176 e. The van der Waals surface area contributed by atoms with Crippen LogP contribution in [0.4, 0.5) is 0 Å². The molecule has 0 N–H and O–H groups in total. The second kappa shape index (κ2) is 3.52. The summed E-state index contributed by atoms with van der Waals surface area (Å²) in [5.41, 5.74) is -0.372. The van der Waals surface area contributed by atoms with Gasteiger partial charge in [-0.1, -0.05) is 6.92 Å². The summed E-state index contributed by atoms with van der Waals surface area (Å²) in [6.45, 7) is 3.89. The van der Waals surface area contributed by atoms with E-state index in [2.05, 4.69) is 21.5 Å². The van der Waals surface area contributed by atoms with Gasteiger partial charge in [-0.3, -0.25) is 0 Å². The minimum absolute atomic E-state index is 0.372. The van der Waals surface area contributed by atoms with Crippen LogP contribution in [0.3, 0.4) is 0 Å². The van der Waals surface area contributed by atoms with Gasteiger partial charge in [0.25, 0.3) is 0 Å². The maximum atomic E-state index is 8.92. The van der Waals surface area contributed by atoms with Crippen molar-refractivity contribution in [3.63, 3.8) is 0 Å². The van der Waals surface area contributed by atoms with E-state index in [0.717, 1.165) is 6.42 Å². The molecular weight excluding hydrogens is 166 g/mol. The van der Waals surface area contributed by atoms with Crippen LogP contribution in [0.2, 0.25) is 0 Å². The first-order valence-electron chi connectivity index (χ1n) is 4.24. The zero-order valence-corrected chi connectivity index (χ0v) is 8.15. The van der Waals surface area contributed by atoms with Crippen LogP contribution >= 0.6 is 0 Å². The number of hydrogen-bond donors (Lipinski definition) is 0. The van der Waals surface area contributed by atoms with Crippen molar-refractivity contribution >= 4 is 0 Å². The molecule has 1 aromatic heterocycles. The Morgan fingerprint density at radius 1 is 1.62 bits per heavy atom. The van der Waals surface area contributed by atoms with E-state index < -0.39 is 0 Å². The first-order chi connectivity index (χ1) is 6.09. The summed E-state index contributed by atoms with van der Waals surface area (Å²) in [6.07, 6.45) is 1.36. The Bertz CT molecular complexity index is 324. The first-order valence-corrected chi connectivity index (χ1v) is 4.24. The molecule has 1 rings (SSSR count). The highest BCUT2D eigenvalue weighted by atomic mass is 15.6. The molecule has 13 heavy (non-hydrogen) atoms. The Morgan fingerprint density at radius 2 is 2.31 bits per heavy atom. The zero-order valence-electron chi connectivity index (χ0n) is 8.15. The van der Waals surface area contributed by atoms with E-state index in [1.54, 1.807) is 7.05 Å². The van der Waals surface area contributed by atoms with Gasteiger partial charge in [-0.15, -0.1) is 10.2 Å². The van der Waals surface area contributed by atoms with E-state index in [4.69, 9.17) is 5.26 Å². The number of aryl methyl sites for hydroxylation is 1. The maximum absolute atomic E-state index is 8.92. The highest BCUT2D eigenvalue weighted by molar-refractivity contribution is 5.00. The van der Waals surface area contributed by atoms with Crippen LogP contribution in [0.1, 0.15) is 26.1 Å². The summed E-state index contributed by atoms with van der Waals surface area (Å²) < 4.78 is 0. The third-order valence-corrected chi connectivity index (χ3v) is 2.15. The monoisotopic (exact) mass is 179 g/mol. The summed E-state index contributed by atoms with van der Waals surface area (Å²) in [6, 6.07) is 2.27. The quantitative estimate of drug-likeness (QED) is 0.684. The SMILES string of the molecule is CCC(C)(C#N)Cc1nnn(C)n1. The topological polar surface area (TPSA) is 67.4 Å². The Morgan fingerprint density at radius 3 is 2.69 bits per heavy atom. The molecule has 0 fully saturated rings. The molecule has 1 heterocycles. The summed E-state index contributed by atoms with van der Waals surface area (Å²) in [4.78, 5) is 1.41. The molecule has 0 radical (unpaired) electrons. The number of nitrogens with zero attached hydrogens (tertiary/aromatic N) is 5. The van der Waals surface area contributed by atoms with Gasteiger partial charge >= 0.3 is 0 Å². The summed E-state index contributed by atoms with van der Waals surface area (Å²) in [7, 11) is 1.71. The predicted octanol–water partition coefficient (Wildman–Crippen LogP) is 0.692. The van der Waals surface area contributed by atoms with Crippen molar-refractivity contribution in [2.24, 2.45) is 12.5 Å². The van der Waals surface area contributed by atoms with E-state index >= 15 is 0 Å². The van der Waals surface area contributed by atoms with Crippen molar-refractivity contribution in [1.29, 1.82) is 5.26 Å². The highest BCUT2D eigenvalue weighted by Gasteiger charge is 2.24. The molecule has 0 saturated carbocycles.